The summed E-state index contributed by atoms with van der Waals surface area (Å²) in [7, 11) is 0. The van der Waals surface area contributed by atoms with Gasteiger partial charge in [-0.25, -0.2) is 0 Å². The number of anilines is 2. The van der Waals surface area contributed by atoms with Crippen LogP contribution in [0.5, 0.6) is 5.75 Å². The lowest BCUT2D eigenvalue weighted by Gasteiger charge is -2.41. The Balaban J connectivity index is 1.39. The van der Waals surface area contributed by atoms with Crippen molar-refractivity contribution in [3.8, 4) is 5.75 Å². The average molecular weight is 668 g/mol. The molecule has 9 nitrogen and oxygen atoms in total. The van der Waals surface area contributed by atoms with E-state index in [1.54, 1.807) is 34.1 Å². The summed E-state index contributed by atoms with van der Waals surface area (Å²) >= 11 is 6.63. The van der Waals surface area contributed by atoms with Gasteiger partial charge in [0.1, 0.15) is 17.4 Å². The zero-order valence-corrected chi connectivity index (χ0v) is 27.6. The number of hydrogen-bond donors (Lipinski definition) is 1. The van der Waals surface area contributed by atoms with Gasteiger partial charge in [0.15, 0.2) is 0 Å². The van der Waals surface area contributed by atoms with E-state index < -0.39 is 53.5 Å². The Morgan fingerprint density at radius 2 is 1.54 bits per heavy atom. The molecule has 3 aromatic carbocycles. The van der Waals surface area contributed by atoms with Crippen molar-refractivity contribution >= 4 is 40.7 Å². The van der Waals surface area contributed by atoms with Gasteiger partial charge in [0.05, 0.1) is 47.4 Å². The van der Waals surface area contributed by atoms with Crippen LogP contribution in [0.3, 0.4) is 0 Å². The van der Waals surface area contributed by atoms with Gasteiger partial charge in [0.25, 0.3) is 5.91 Å². The lowest BCUT2D eigenvalue weighted by Crippen LogP contribution is -2.57. The third-order valence-corrected chi connectivity index (χ3v) is 10.5. The zero-order valence-electron chi connectivity index (χ0n) is 26.9. The number of para-hydroxylation sites is 1. The van der Waals surface area contributed by atoms with Crippen molar-refractivity contribution in [1.82, 2.24) is 4.90 Å². The highest BCUT2D eigenvalue weighted by atomic mass is 35.5. The van der Waals surface area contributed by atoms with Gasteiger partial charge >= 0.3 is 0 Å². The van der Waals surface area contributed by atoms with Crippen LogP contribution in [0.15, 0.2) is 103 Å². The van der Waals surface area contributed by atoms with Crippen LogP contribution >= 0.6 is 11.6 Å². The Hall–Kier alpha value is -4.44. The molecule has 3 aromatic rings. The first-order valence-electron chi connectivity index (χ1n) is 16.4. The highest BCUT2D eigenvalue weighted by Crippen LogP contribution is 2.60. The van der Waals surface area contributed by atoms with E-state index >= 15 is 4.79 Å². The first-order chi connectivity index (χ1) is 23.3. The number of carbonyl (C=O) groups excluding carboxylic acids is 3. The molecule has 0 aromatic heterocycles. The summed E-state index contributed by atoms with van der Waals surface area (Å²) in [5.74, 6) is -2.40. The second-order valence-electron chi connectivity index (χ2n) is 12.6. The molecule has 248 valence electrons. The molecule has 48 heavy (non-hydrogen) atoms. The molecule has 0 bridgehead atoms. The number of aliphatic hydroxyl groups is 1. The number of carbonyl (C=O) groups is 3. The third kappa shape index (κ3) is 4.86. The Kier molecular flexibility index (Phi) is 8.39. The summed E-state index contributed by atoms with van der Waals surface area (Å²) in [4.78, 5) is 49.7. The second-order valence-corrected chi connectivity index (χ2v) is 13.0. The summed E-state index contributed by atoms with van der Waals surface area (Å²) in [6.45, 7) is 4.39. The van der Waals surface area contributed by atoms with Gasteiger partial charge in [-0.15, -0.1) is 0 Å². The number of aliphatic hydroxyl groups excluding tert-OH is 1. The fourth-order valence-electron chi connectivity index (χ4n) is 8.07. The minimum atomic E-state index is -1.51. The Bertz CT molecular complexity index is 1780. The summed E-state index contributed by atoms with van der Waals surface area (Å²) in [6.07, 6.45) is 7.85. The number of halogens is 1. The van der Waals surface area contributed by atoms with Crippen molar-refractivity contribution in [1.29, 1.82) is 0 Å². The smallest absolute Gasteiger partial charge is 0.253 e. The number of rotatable bonds is 8. The van der Waals surface area contributed by atoms with E-state index in [2.05, 4.69) is 0 Å². The molecule has 1 unspecified atom stereocenters. The topological polar surface area (TPSA) is 99.6 Å². The van der Waals surface area contributed by atoms with Crippen molar-refractivity contribution in [3.63, 3.8) is 0 Å². The van der Waals surface area contributed by atoms with E-state index in [-0.39, 0.29) is 19.0 Å². The molecular weight excluding hydrogens is 630 g/mol. The van der Waals surface area contributed by atoms with Crippen LogP contribution in [0.4, 0.5) is 11.4 Å². The van der Waals surface area contributed by atoms with E-state index in [9.17, 15) is 14.7 Å². The second kappa shape index (κ2) is 12.5. The van der Waals surface area contributed by atoms with Crippen LogP contribution in [0.1, 0.15) is 31.9 Å². The first kappa shape index (κ1) is 32.1. The molecule has 0 aliphatic carbocycles. The molecule has 4 heterocycles. The van der Waals surface area contributed by atoms with Crippen LogP contribution in [-0.4, -0.2) is 71.3 Å². The Morgan fingerprint density at radius 1 is 0.854 bits per heavy atom. The fourth-order valence-corrected chi connectivity index (χ4v) is 8.31. The number of benzene rings is 3. The SMILES string of the molecule is CCOc1ccc(N2CC=C[C@@]3(CC)O[C@]45C=CCN(c6ccccc6Cl)C(=O)C4N([C@H](CO)c4ccccc4)C(=O)[C@@H]5[C@H]3C2=O)cc1. The van der Waals surface area contributed by atoms with Gasteiger partial charge in [-0.2, -0.15) is 0 Å². The first-order valence-corrected chi connectivity index (χ1v) is 16.8. The standard InChI is InChI=1S/C38H38ClN3O6/c1-3-37-20-10-22-40(26-16-18-27(19-17-26)47-4-2)34(44)31(37)32-35(45)42(30(24-43)25-12-6-5-7-13-25)33-36(46)41(23-11-21-38(32,33)48-37)29-15-9-8-14-28(29)39/h5-21,30-33,43H,3-4,22-24H2,1-2H3/t30-,31+,32+,33?,37-,38+/m1/s1. The van der Waals surface area contributed by atoms with E-state index in [1.807, 2.05) is 92.7 Å². The molecule has 3 amide bonds. The molecule has 6 atom stereocenters. The largest absolute Gasteiger partial charge is 0.494 e. The molecule has 4 aliphatic heterocycles. The normalized spacial score (nSPS) is 28.5. The van der Waals surface area contributed by atoms with E-state index in [4.69, 9.17) is 21.1 Å². The predicted molar refractivity (Wildman–Crippen MR) is 183 cm³/mol. The maximum absolute atomic E-state index is 15.1. The number of nitrogens with zero attached hydrogens (tertiary/aromatic N) is 3. The molecule has 1 spiro atoms. The fraction of sp³-hybridized carbons (Fsp3) is 0.342. The van der Waals surface area contributed by atoms with Crippen LogP contribution in [-0.2, 0) is 19.1 Å². The van der Waals surface area contributed by atoms with Crippen LogP contribution < -0.4 is 14.5 Å². The molecule has 0 radical (unpaired) electrons. The lowest BCUT2D eigenvalue weighted by atomic mass is 9.73. The number of amides is 3. The summed E-state index contributed by atoms with van der Waals surface area (Å²) < 4.78 is 12.8. The van der Waals surface area contributed by atoms with E-state index in [0.717, 1.165) is 0 Å². The maximum atomic E-state index is 15.1. The highest BCUT2D eigenvalue weighted by molar-refractivity contribution is 6.34. The third-order valence-electron chi connectivity index (χ3n) is 10.2. The number of hydrogen-bond acceptors (Lipinski definition) is 6. The Morgan fingerprint density at radius 3 is 2.23 bits per heavy atom. The van der Waals surface area contributed by atoms with Crippen LogP contribution in [0.2, 0.25) is 5.02 Å². The van der Waals surface area contributed by atoms with Crippen LogP contribution in [0.25, 0.3) is 0 Å². The van der Waals surface area contributed by atoms with E-state index in [1.165, 1.54) is 4.90 Å². The van der Waals surface area contributed by atoms with Crippen molar-refractivity contribution in [2.75, 3.05) is 36.1 Å². The van der Waals surface area contributed by atoms with Crippen molar-refractivity contribution < 1.29 is 29.0 Å². The summed E-state index contributed by atoms with van der Waals surface area (Å²) in [6, 6.07) is 21.5. The van der Waals surface area contributed by atoms with Gasteiger partial charge in [-0.3, -0.25) is 14.4 Å². The lowest BCUT2D eigenvalue weighted by molar-refractivity contribution is -0.149. The average Bonchev–Trinajstić information content (AvgIpc) is 3.39. The molecule has 2 saturated heterocycles. The van der Waals surface area contributed by atoms with Crippen molar-refractivity contribution in [2.24, 2.45) is 11.8 Å². The quantitative estimate of drug-likeness (QED) is 0.326. The van der Waals surface area contributed by atoms with Crippen molar-refractivity contribution in [3.05, 3.63) is 114 Å². The van der Waals surface area contributed by atoms with Crippen molar-refractivity contribution in [2.45, 2.75) is 43.6 Å². The van der Waals surface area contributed by atoms with E-state index in [0.29, 0.717) is 40.7 Å². The summed E-state index contributed by atoms with van der Waals surface area (Å²) in [5, 5.41) is 11.3. The zero-order chi connectivity index (χ0) is 33.6. The van der Waals surface area contributed by atoms with Gasteiger partial charge < -0.3 is 29.3 Å². The molecule has 2 fully saturated rings. The minimum absolute atomic E-state index is 0.180. The molecule has 4 aliphatic rings. The van der Waals surface area contributed by atoms with Gasteiger partial charge in [-0.1, -0.05) is 85.3 Å². The molecule has 10 heteroatoms. The minimum Gasteiger partial charge on any atom is -0.494 e. The molecule has 1 N–H and O–H groups in total. The molecule has 0 saturated carbocycles. The highest BCUT2D eigenvalue weighted by Gasteiger charge is 2.76. The number of fused-ring (bicyclic) bond motifs is 2. The Labute approximate surface area is 285 Å². The summed E-state index contributed by atoms with van der Waals surface area (Å²) in [5.41, 5.74) is -0.840. The molecular formula is C38H38ClN3O6. The number of ether oxygens (including phenoxy) is 2. The number of likely N-dealkylation sites (tertiary alicyclic amines) is 1. The van der Waals surface area contributed by atoms with Gasteiger partial charge in [0.2, 0.25) is 11.8 Å². The maximum Gasteiger partial charge on any atom is 0.253 e. The van der Waals surface area contributed by atoms with Gasteiger partial charge in [0, 0.05) is 18.8 Å². The van der Waals surface area contributed by atoms with Crippen LogP contribution in [0, 0.1) is 11.8 Å². The predicted octanol–water partition coefficient (Wildman–Crippen LogP) is 5.34. The molecule has 7 rings (SSSR count). The monoisotopic (exact) mass is 667 g/mol. The van der Waals surface area contributed by atoms with Gasteiger partial charge in [-0.05, 0) is 55.3 Å².